The molecule has 3 rings (SSSR count). The first kappa shape index (κ1) is 18.8. The van der Waals surface area contributed by atoms with Crippen LogP contribution in [-0.2, 0) is 16.1 Å². The first-order valence-electron chi connectivity index (χ1n) is 8.48. The summed E-state index contributed by atoms with van der Waals surface area (Å²) in [5, 5.41) is 9.62. The molecule has 2 aromatic carbocycles. The van der Waals surface area contributed by atoms with Crippen LogP contribution in [0.15, 0.2) is 42.5 Å². The van der Waals surface area contributed by atoms with Crippen molar-refractivity contribution in [3.05, 3.63) is 65.2 Å². The molecular formula is C20H19F2NO4. The van der Waals surface area contributed by atoms with E-state index in [2.05, 4.69) is 0 Å². The maximum atomic E-state index is 14.5. The molecule has 2 atom stereocenters. The molecule has 1 heterocycles. The number of likely N-dealkylation sites (tertiary alicyclic amines) is 1. The Hall–Kier alpha value is -2.96. The van der Waals surface area contributed by atoms with Crippen LogP contribution in [0.5, 0.6) is 5.75 Å². The van der Waals surface area contributed by atoms with Gasteiger partial charge in [-0.1, -0.05) is 30.3 Å². The van der Waals surface area contributed by atoms with Crippen molar-refractivity contribution in [2.75, 3.05) is 13.7 Å². The number of halogens is 2. The van der Waals surface area contributed by atoms with Crippen LogP contribution in [0.1, 0.15) is 23.5 Å². The van der Waals surface area contributed by atoms with Crippen molar-refractivity contribution in [1.29, 1.82) is 0 Å². The molecule has 1 fully saturated rings. The SMILES string of the molecule is COc1cc(F)c([C@H]2CC(=O)N(Cc3ccccc3)C[C@@H]2C(=O)O)c(F)c1. The molecule has 0 aliphatic carbocycles. The molecule has 7 heteroatoms. The van der Waals surface area contributed by atoms with Gasteiger partial charge in [-0.25, -0.2) is 8.78 Å². The molecule has 5 nitrogen and oxygen atoms in total. The zero-order valence-corrected chi connectivity index (χ0v) is 14.7. The highest BCUT2D eigenvalue weighted by Crippen LogP contribution is 2.38. The predicted molar refractivity (Wildman–Crippen MR) is 93.3 cm³/mol. The van der Waals surface area contributed by atoms with E-state index in [4.69, 9.17) is 4.74 Å². The summed E-state index contributed by atoms with van der Waals surface area (Å²) in [4.78, 5) is 25.8. The largest absolute Gasteiger partial charge is 0.497 e. The molecule has 142 valence electrons. The Labute approximate surface area is 155 Å². The number of benzene rings is 2. The van der Waals surface area contributed by atoms with E-state index in [9.17, 15) is 23.5 Å². The molecule has 0 unspecified atom stereocenters. The van der Waals surface area contributed by atoms with Crippen LogP contribution in [0.4, 0.5) is 8.78 Å². The number of ether oxygens (including phenoxy) is 1. The average molecular weight is 375 g/mol. The third kappa shape index (κ3) is 3.92. The smallest absolute Gasteiger partial charge is 0.308 e. The highest BCUT2D eigenvalue weighted by molar-refractivity contribution is 5.82. The number of carboxylic acids is 1. The number of carboxylic acid groups (broad SMARTS) is 1. The lowest BCUT2D eigenvalue weighted by Crippen LogP contribution is -2.46. The van der Waals surface area contributed by atoms with Crippen molar-refractivity contribution in [2.24, 2.45) is 5.92 Å². The first-order valence-corrected chi connectivity index (χ1v) is 8.48. The van der Waals surface area contributed by atoms with E-state index >= 15 is 0 Å². The number of rotatable bonds is 5. The zero-order chi connectivity index (χ0) is 19.6. The van der Waals surface area contributed by atoms with Crippen LogP contribution < -0.4 is 4.74 Å². The predicted octanol–water partition coefficient (Wildman–Crippen LogP) is 3.19. The molecule has 0 bridgehead atoms. The van der Waals surface area contributed by atoms with Gasteiger partial charge in [0, 0.05) is 43.1 Å². The highest BCUT2D eigenvalue weighted by atomic mass is 19.1. The van der Waals surface area contributed by atoms with Crippen molar-refractivity contribution in [3.63, 3.8) is 0 Å². The fourth-order valence-corrected chi connectivity index (χ4v) is 3.47. The Bertz CT molecular complexity index is 833. The highest BCUT2D eigenvalue weighted by Gasteiger charge is 2.41. The van der Waals surface area contributed by atoms with E-state index in [0.717, 1.165) is 17.7 Å². The average Bonchev–Trinajstić information content (AvgIpc) is 2.63. The van der Waals surface area contributed by atoms with Crippen molar-refractivity contribution < 1.29 is 28.2 Å². The standard InChI is InChI=1S/C20H19F2NO4/c1-27-13-7-16(21)19(17(22)8-13)14-9-18(24)23(11-15(14)20(25)26)10-12-5-3-2-4-6-12/h2-8,14-15H,9-11H2,1H3,(H,25,26)/t14-,15-/m0/s1. The van der Waals surface area contributed by atoms with Gasteiger partial charge in [-0.3, -0.25) is 9.59 Å². The molecule has 1 aliphatic rings. The van der Waals surface area contributed by atoms with Crippen molar-refractivity contribution in [3.8, 4) is 5.75 Å². The van der Waals surface area contributed by atoms with E-state index in [1.807, 2.05) is 30.3 Å². The second kappa shape index (κ2) is 7.73. The minimum atomic E-state index is -1.19. The summed E-state index contributed by atoms with van der Waals surface area (Å²) in [6.07, 6.45) is -0.274. The maximum absolute atomic E-state index is 14.5. The van der Waals surface area contributed by atoms with Crippen LogP contribution in [0.2, 0.25) is 0 Å². The molecule has 2 aromatic rings. The molecule has 0 radical (unpaired) electrons. The maximum Gasteiger partial charge on any atom is 0.308 e. The lowest BCUT2D eigenvalue weighted by Gasteiger charge is -2.36. The van der Waals surface area contributed by atoms with Gasteiger partial charge in [0.05, 0.1) is 13.0 Å². The molecule has 27 heavy (non-hydrogen) atoms. The van der Waals surface area contributed by atoms with E-state index in [1.54, 1.807) is 0 Å². The summed E-state index contributed by atoms with van der Waals surface area (Å²) in [5.74, 6) is -5.54. The summed E-state index contributed by atoms with van der Waals surface area (Å²) in [6.45, 7) is 0.141. The minimum absolute atomic E-state index is 0.00605. The lowest BCUT2D eigenvalue weighted by molar-refractivity contribution is -0.149. The third-order valence-electron chi connectivity index (χ3n) is 4.84. The van der Waals surface area contributed by atoms with E-state index < -0.39 is 29.4 Å². The second-order valence-electron chi connectivity index (χ2n) is 6.52. The number of amides is 1. The topological polar surface area (TPSA) is 66.8 Å². The van der Waals surface area contributed by atoms with Crippen molar-refractivity contribution in [1.82, 2.24) is 4.90 Å². The van der Waals surface area contributed by atoms with E-state index in [0.29, 0.717) is 0 Å². The van der Waals surface area contributed by atoms with Crippen LogP contribution in [-0.4, -0.2) is 35.5 Å². The fraction of sp³-hybridized carbons (Fsp3) is 0.300. The van der Waals surface area contributed by atoms with Crippen LogP contribution >= 0.6 is 0 Å². The van der Waals surface area contributed by atoms with Gasteiger partial charge in [0.25, 0.3) is 0 Å². The van der Waals surface area contributed by atoms with Gasteiger partial charge >= 0.3 is 5.97 Å². The van der Waals surface area contributed by atoms with Gasteiger partial charge in [0.1, 0.15) is 17.4 Å². The molecule has 1 amide bonds. The van der Waals surface area contributed by atoms with Gasteiger partial charge < -0.3 is 14.7 Å². The second-order valence-corrected chi connectivity index (χ2v) is 6.52. The number of hydrogen-bond donors (Lipinski definition) is 1. The van der Waals surface area contributed by atoms with Gasteiger partial charge in [-0.2, -0.15) is 0 Å². The molecule has 0 spiro atoms. The van der Waals surface area contributed by atoms with Gasteiger partial charge in [0.15, 0.2) is 0 Å². The Kier molecular flexibility index (Phi) is 5.39. The van der Waals surface area contributed by atoms with Crippen LogP contribution in [0, 0.1) is 17.6 Å². The Balaban J connectivity index is 1.90. The van der Waals surface area contributed by atoms with E-state index in [-0.39, 0.29) is 36.7 Å². The molecule has 1 N–H and O–H groups in total. The monoisotopic (exact) mass is 375 g/mol. The zero-order valence-electron chi connectivity index (χ0n) is 14.7. The Morgan fingerprint density at radius 3 is 2.41 bits per heavy atom. The Morgan fingerprint density at radius 1 is 1.22 bits per heavy atom. The summed E-state index contributed by atoms with van der Waals surface area (Å²) < 4.78 is 33.7. The van der Waals surface area contributed by atoms with Gasteiger partial charge in [-0.15, -0.1) is 0 Å². The number of nitrogens with zero attached hydrogens (tertiary/aromatic N) is 1. The summed E-state index contributed by atoms with van der Waals surface area (Å²) in [5.41, 5.74) is 0.478. The Morgan fingerprint density at radius 2 is 1.85 bits per heavy atom. The third-order valence-corrected chi connectivity index (χ3v) is 4.84. The lowest BCUT2D eigenvalue weighted by atomic mass is 9.79. The first-order chi connectivity index (χ1) is 12.9. The summed E-state index contributed by atoms with van der Waals surface area (Å²) >= 11 is 0. The normalized spacial score (nSPS) is 19.8. The number of carbonyl (C=O) groups is 2. The van der Waals surface area contributed by atoms with Gasteiger partial charge in [0.2, 0.25) is 5.91 Å². The molecular weight excluding hydrogens is 356 g/mol. The molecule has 0 saturated carbocycles. The molecule has 0 aromatic heterocycles. The number of carbonyl (C=O) groups excluding carboxylic acids is 1. The number of piperidine rings is 1. The van der Waals surface area contributed by atoms with Crippen molar-refractivity contribution >= 4 is 11.9 Å². The number of methoxy groups -OCH3 is 1. The molecule has 1 saturated heterocycles. The molecule has 1 aliphatic heterocycles. The fourth-order valence-electron chi connectivity index (χ4n) is 3.47. The number of aliphatic carboxylic acids is 1. The van der Waals surface area contributed by atoms with Crippen LogP contribution in [0.25, 0.3) is 0 Å². The minimum Gasteiger partial charge on any atom is -0.497 e. The number of hydrogen-bond acceptors (Lipinski definition) is 3. The van der Waals surface area contributed by atoms with E-state index in [1.165, 1.54) is 12.0 Å². The van der Waals surface area contributed by atoms with Crippen molar-refractivity contribution in [2.45, 2.75) is 18.9 Å². The summed E-state index contributed by atoms with van der Waals surface area (Å²) in [7, 11) is 1.28. The van der Waals surface area contributed by atoms with Gasteiger partial charge in [-0.05, 0) is 5.56 Å². The van der Waals surface area contributed by atoms with Crippen LogP contribution in [0.3, 0.4) is 0 Å². The summed E-state index contributed by atoms with van der Waals surface area (Å²) in [6, 6.07) is 11.1. The quantitative estimate of drug-likeness (QED) is 0.872.